The van der Waals surface area contributed by atoms with E-state index in [-0.39, 0.29) is 5.78 Å². The molecule has 0 radical (unpaired) electrons. The van der Waals surface area contributed by atoms with E-state index in [4.69, 9.17) is 10.5 Å². The van der Waals surface area contributed by atoms with Gasteiger partial charge in [-0.05, 0) is 49.6 Å². The van der Waals surface area contributed by atoms with Gasteiger partial charge in [0.15, 0.2) is 5.76 Å². The summed E-state index contributed by atoms with van der Waals surface area (Å²) < 4.78 is 5.34. The van der Waals surface area contributed by atoms with Crippen molar-refractivity contribution in [1.82, 2.24) is 0 Å². The topological polar surface area (TPSA) is 52.3 Å². The van der Waals surface area contributed by atoms with E-state index >= 15 is 0 Å². The van der Waals surface area contributed by atoms with Crippen molar-refractivity contribution in [2.24, 2.45) is 0 Å². The number of Topliss-reactive ketones (excluding diaryl/α,β-unsaturated/α-hetero) is 1. The molecule has 0 fully saturated rings. The van der Waals surface area contributed by atoms with E-state index in [1.165, 1.54) is 0 Å². The third-order valence-electron chi connectivity index (χ3n) is 2.69. The van der Waals surface area contributed by atoms with Crippen LogP contribution in [0.2, 0.25) is 0 Å². The number of carbonyl (C=O) groups excluding carboxylic acids is 1. The van der Waals surface area contributed by atoms with Gasteiger partial charge in [-0.2, -0.15) is 0 Å². The summed E-state index contributed by atoms with van der Waals surface area (Å²) in [5.41, 5.74) is 7.97. The lowest BCUT2D eigenvalue weighted by molar-refractivity contribution is 0.0899. The smallest absolute Gasteiger partial charge is 0.227 e. The summed E-state index contributed by atoms with van der Waals surface area (Å²) in [6.07, 6.45) is 3.75. The molecule has 1 aliphatic heterocycles. The molecule has 0 spiro atoms. The minimum atomic E-state index is -0.0530. The van der Waals surface area contributed by atoms with Gasteiger partial charge < -0.3 is 10.5 Å². The van der Waals surface area contributed by atoms with Gasteiger partial charge in [0.05, 0.1) is 6.61 Å². The maximum Gasteiger partial charge on any atom is 0.227 e. The summed E-state index contributed by atoms with van der Waals surface area (Å²) in [6.45, 7) is 2.52. The first-order valence-electron chi connectivity index (χ1n) is 5.42. The molecule has 0 aromatic heterocycles. The Kier molecular flexibility index (Phi) is 2.95. The third-order valence-corrected chi connectivity index (χ3v) is 2.69. The summed E-state index contributed by atoms with van der Waals surface area (Å²) in [5, 5.41) is 0. The van der Waals surface area contributed by atoms with Gasteiger partial charge in [-0.3, -0.25) is 4.79 Å². The highest BCUT2D eigenvalue weighted by Gasteiger charge is 2.16. The van der Waals surface area contributed by atoms with Gasteiger partial charge in [-0.15, -0.1) is 0 Å². The first-order valence-corrected chi connectivity index (χ1v) is 5.42. The molecule has 0 unspecified atom stereocenters. The van der Waals surface area contributed by atoms with Crippen LogP contribution in [0.25, 0.3) is 0 Å². The molecule has 2 N–H and O–H groups in total. The minimum absolute atomic E-state index is 0.0530. The number of aryl methyl sites for hydroxylation is 1. The van der Waals surface area contributed by atoms with Crippen LogP contribution in [0.15, 0.2) is 30.0 Å². The lowest BCUT2D eigenvalue weighted by Crippen LogP contribution is -2.11. The maximum absolute atomic E-state index is 12.0. The number of ether oxygens (including phenoxy) is 1. The van der Waals surface area contributed by atoms with Crippen LogP contribution in [-0.2, 0) is 4.74 Å². The van der Waals surface area contributed by atoms with E-state index in [0.29, 0.717) is 23.6 Å². The summed E-state index contributed by atoms with van der Waals surface area (Å²) in [7, 11) is 0. The number of ketones is 1. The van der Waals surface area contributed by atoms with Gasteiger partial charge in [0.1, 0.15) is 0 Å². The molecular formula is C13H15NO2. The second-order valence-electron chi connectivity index (χ2n) is 3.96. The van der Waals surface area contributed by atoms with Crippen molar-refractivity contribution < 1.29 is 9.53 Å². The normalized spacial score (nSPS) is 15.2. The lowest BCUT2D eigenvalue weighted by atomic mass is 10.0. The predicted octanol–water partition coefficient (Wildman–Crippen LogP) is 2.45. The van der Waals surface area contributed by atoms with Crippen LogP contribution in [0.3, 0.4) is 0 Å². The molecule has 1 aromatic rings. The zero-order valence-corrected chi connectivity index (χ0v) is 9.32. The van der Waals surface area contributed by atoms with Crippen molar-refractivity contribution >= 4 is 11.5 Å². The van der Waals surface area contributed by atoms with Gasteiger partial charge in [-0.25, -0.2) is 0 Å². The largest absolute Gasteiger partial charge is 0.490 e. The van der Waals surface area contributed by atoms with Crippen LogP contribution in [0.5, 0.6) is 0 Å². The fraction of sp³-hybridized carbons (Fsp3) is 0.308. The standard InChI is InChI=1S/C13H15NO2/c1-9-8-10(5-6-11(9)14)13(15)12-4-2-3-7-16-12/h4-6,8H,2-3,7,14H2,1H3. The quantitative estimate of drug-likeness (QED) is 0.611. The molecule has 1 aliphatic rings. The Morgan fingerprint density at radius 2 is 2.25 bits per heavy atom. The first-order chi connectivity index (χ1) is 7.68. The highest BCUT2D eigenvalue weighted by atomic mass is 16.5. The van der Waals surface area contributed by atoms with Crippen molar-refractivity contribution in [2.45, 2.75) is 19.8 Å². The summed E-state index contributed by atoms with van der Waals surface area (Å²) in [4.78, 5) is 12.0. The second kappa shape index (κ2) is 4.39. The zero-order chi connectivity index (χ0) is 11.5. The van der Waals surface area contributed by atoms with Crippen molar-refractivity contribution in [3.63, 3.8) is 0 Å². The average Bonchev–Trinajstić information content (AvgIpc) is 2.33. The molecule has 0 saturated heterocycles. The van der Waals surface area contributed by atoms with Crippen LogP contribution in [0.1, 0.15) is 28.8 Å². The molecule has 1 aromatic carbocycles. The van der Waals surface area contributed by atoms with Crippen LogP contribution < -0.4 is 5.73 Å². The first kappa shape index (κ1) is 10.7. The van der Waals surface area contributed by atoms with Gasteiger partial charge >= 0.3 is 0 Å². The van der Waals surface area contributed by atoms with E-state index in [9.17, 15) is 4.79 Å². The monoisotopic (exact) mass is 217 g/mol. The Morgan fingerprint density at radius 3 is 2.88 bits per heavy atom. The summed E-state index contributed by atoms with van der Waals surface area (Å²) in [6, 6.07) is 5.30. The number of hydrogen-bond donors (Lipinski definition) is 1. The van der Waals surface area contributed by atoms with Gasteiger partial charge in [0.2, 0.25) is 5.78 Å². The van der Waals surface area contributed by atoms with Crippen LogP contribution in [0, 0.1) is 6.92 Å². The van der Waals surface area contributed by atoms with E-state index in [1.54, 1.807) is 18.2 Å². The number of allylic oxidation sites excluding steroid dienone is 2. The Morgan fingerprint density at radius 1 is 1.44 bits per heavy atom. The van der Waals surface area contributed by atoms with E-state index < -0.39 is 0 Å². The SMILES string of the molecule is Cc1cc(C(=O)C2=CCCCO2)ccc1N. The molecule has 0 saturated carbocycles. The van der Waals surface area contributed by atoms with E-state index in [1.807, 2.05) is 13.0 Å². The molecule has 0 atom stereocenters. The van der Waals surface area contributed by atoms with Crippen LogP contribution >= 0.6 is 0 Å². The third kappa shape index (κ3) is 2.08. The number of carbonyl (C=O) groups is 1. The highest BCUT2D eigenvalue weighted by Crippen LogP contribution is 2.19. The van der Waals surface area contributed by atoms with E-state index in [0.717, 1.165) is 18.4 Å². The number of hydrogen-bond acceptors (Lipinski definition) is 3. The highest BCUT2D eigenvalue weighted by molar-refractivity contribution is 6.07. The zero-order valence-electron chi connectivity index (χ0n) is 9.32. The lowest BCUT2D eigenvalue weighted by Gasteiger charge is -2.14. The second-order valence-corrected chi connectivity index (χ2v) is 3.96. The number of nitrogen functional groups attached to an aromatic ring is 1. The average molecular weight is 217 g/mol. The number of benzene rings is 1. The van der Waals surface area contributed by atoms with Gasteiger partial charge in [-0.1, -0.05) is 0 Å². The molecule has 0 aliphatic carbocycles. The summed E-state index contributed by atoms with van der Waals surface area (Å²) in [5.74, 6) is 0.415. The molecule has 84 valence electrons. The molecule has 3 nitrogen and oxygen atoms in total. The molecule has 0 amide bonds. The van der Waals surface area contributed by atoms with E-state index in [2.05, 4.69) is 0 Å². The van der Waals surface area contributed by atoms with Crippen LogP contribution in [-0.4, -0.2) is 12.4 Å². The fourth-order valence-corrected chi connectivity index (χ4v) is 1.67. The van der Waals surface area contributed by atoms with Gasteiger partial charge in [0, 0.05) is 11.3 Å². The Balaban J connectivity index is 2.26. The molecule has 16 heavy (non-hydrogen) atoms. The van der Waals surface area contributed by atoms with Crippen molar-refractivity contribution in [3.8, 4) is 0 Å². The van der Waals surface area contributed by atoms with Gasteiger partial charge in [0.25, 0.3) is 0 Å². The number of anilines is 1. The van der Waals surface area contributed by atoms with Crippen molar-refractivity contribution in [3.05, 3.63) is 41.2 Å². The fourth-order valence-electron chi connectivity index (χ4n) is 1.67. The molecule has 3 heteroatoms. The Hall–Kier alpha value is -1.77. The Bertz CT molecular complexity index is 449. The van der Waals surface area contributed by atoms with Crippen molar-refractivity contribution in [2.75, 3.05) is 12.3 Å². The number of rotatable bonds is 2. The minimum Gasteiger partial charge on any atom is -0.490 e. The predicted molar refractivity (Wildman–Crippen MR) is 63.2 cm³/mol. The molecular weight excluding hydrogens is 202 g/mol. The number of nitrogens with two attached hydrogens (primary N) is 1. The molecule has 1 heterocycles. The Labute approximate surface area is 94.9 Å². The summed E-state index contributed by atoms with van der Waals surface area (Å²) >= 11 is 0. The van der Waals surface area contributed by atoms with Crippen molar-refractivity contribution in [1.29, 1.82) is 0 Å². The van der Waals surface area contributed by atoms with Crippen LogP contribution in [0.4, 0.5) is 5.69 Å². The maximum atomic E-state index is 12.0. The molecule has 0 bridgehead atoms. The molecule has 2 rings (SSSR count).